The van der Waals surface area contributed by atoms with Crippen molar-refractivity contribution in [3.63, 3.8) is 0 Å². The summed E-state index contributed by atoms with van der Waals surface area (Å²) in [5.41, 5.74) is 10.3. The van der Waals surface area contributed by atoms with Crippen LogP contribution in [0.2, 0.25) is 0 Å². The summed E-state index contributed by atoms with van der Waals surface area (Å²) in [5.74, 6) is 0.785. The summed E-state index contributed by atoms with van der Waals surface area (Å²) in [7, 11) is 0. The highest BCUT2D eigenvalue weighted by Crippen LogP contribution is 2.38. The number of hydrogen-bond acceptors (Lipinski definition) is 1. The van der Waals surface area contributed by atoms with E-state index >= 15 is 0 Å². The smallest absolute Gasteiger partial charge is 0.0316 e. The number of rotatable bonds is 3. The molecular weight excluding hydrogens is 206 g/mol. The van der Waals surface area contributed by atoms with Crippen molar-refractivity contribution in [2.45, 2.75) is 58.8 Å². The highest BCUT2D eigenvalue weighted by atomic mass is 14.5. The zero-order chi connectivity index (χ0) is 12.5. The summed E-state index contributed by atoms with van der Waals surface area (Å²) < 4.78 is 0. The van der Waals surface area contributed by atoms with Crippen molar-refractivity contribution >= 4 is 5.69 Å². The number of anilines is 1. The fourth-order valence-corrected chi connectivity index (χ4v) is 2.90. The van der Waals surface area contributed by atoms with E-state index in [0.717, 1.165) is 11.6 Å². The van der Waals surface area contributed by atoms with E-state index in [2.05, 4.69) is 39.0 Å². The first kappa shape index (κ1) is 12.5. The lowest BCUT2D eigenvalue weighted by atomic mass is 9.86. The number of nitrogens with two attached hydrogens (primary N) is 1. The molecule has 1 nitrogen and oxygen atoms in total. The Bertz CT molecular complexity index is 387. The minimum absolute atomic E-state index is 0.475. The average molecular weight is 231 g/mol. The van der Waals surface area contributed by atoms with E-state index in [4.69, 9.17) is 5.73 Å². The van der Waals surface area contributed by atoms with Crippen molar-refractivity contribution in [3.8, 4) is 0 Å². The Morgan fingerprint density at radius 3 is 2.76 bits per heavy atom. The molecule has 0 radical (unpaired) electrons. The summed E-state index contributed by atoms with van der Waals surface area (Å²) in [6.45, 7) is 6.99. The normalized spacial score (nSPS) is 19.4. The van der Waals surface area contributed by atoms with Crippen LogP contribution in [-0.2, 0) is 6.42 Å². The quantitative estimate of drug-likeness (QED) is 0.761. The predicted octanol–water partition coefficient (Wildman–Crippen LogP) is 4.52. The molecule has 0 amide bonds. The standard InChI is InChI=1S/C16H25N/c1-16(2,3)10-4-5-12-6-7-13-11-14(17)8-9-15(12)13/h8-9,11-12H,4-7,10,17H2,1-3H3. The third-order valence-electron chi connectivity index (χ3n) is 3.85. The van der Waals surface area contributed by atoms with E-state index in [-0.39, 0.29) is 0 Å². The third kappa shape index (κ3) is 3.24. The van der Waals surface area contributed by atoms with Crippen LogP contribution in [0.3, 0.4) is 0 Å². The zero-order valence-electron chi connectivity index (χ0n) is 11.4. The Labute approximate surface area is 105 Å². The largest absolute Gasteiger partial charge is 0.399 e. The van der Waals surface area contributed by atoms with Crippen LogP contribution in [0.15, 0.2) is 18.2 Å². The molecule has 0 saturated heterocycles. The zero-order valence-corrected chi connectivity index (χ0v) is 11.4. The summed E-state index contributed by atoms with van der Waals surface area (Å²) >= 11 is 0. The summed E-state index contributed by atoms with van der Waals surface area (Å²) in [6.07, 6.45) is 6.56. The molecule has 2 rings (SSSR count). The SMILES string of the molecule is CC(C)(C)CCCC1CCc2cc(N)ccc21. The van der Waals surface area contributed by atoms with Crippen LogP contribution in [0.1, 0.15) is 63.5 Å². The summed E-state index contributed by atoms with van der Waals surface area (Å²) in [6, 6.07) is 6.47. The van der Waals surface area contributed by atoms with Gasteiger partial charge in [0.25, 0.3) is 0 Å². The molecule has 2 N–H and O–H groups in total. The van der Waals surface area contributed by atoms with Gasteiger partial charge in [-0.15, -0.1) is 0 Å². The van der Waals surface area contributed by atoms with Gasteiger partial charge in [0.2, 0.25) is 0 Å². The minimum atomic E-state index is 0.475. The second kappa shape index (κ2) is 4.72. The lowest BCUT2D eigenvalue weighted by molar-refractivity contribution is 0.352. The van der Waals surface area contributed by atoms with Gasteiger partial charge in [0.05, 0.1) is 0 Å². The molecule has 0 heterocycles. The first-order chi connectivity index (χ1) is 7.96. The van der Waals surface area contributed by atoms with Crippen molar-refractivity contribution in [1.29, 1.82) is 0 Å². The molecule has 17 heavy (non-hydrogen) atoms. The number of fused-ring (bicyclic) bond motifs is 1. The van der Waals surface area contributed by atoms with Crippen LogP contribution in [-0.4, -0.2) is 0 Å². The van der Waals surface area contributed by atoms with E-state index in [1.165, 1.54) is 37.7 Å². The summed E-state index contributed by atoms with van der Waals surface area (Å²) in [4.78, 5) is 0. The first-order valence-corrected chi connectivity index (χ1v) is 6.84. The molecule has 0 aliphatic heterocycles. The molecule has 1 aliphatic rings. The Hall–Kier alpha value is -0.980. The van der Waals surface area contributed by atoms with Gasteiger partial charge in [-0.1, -0.05) is 33.3 Å². The van der Waals surface area contributed by atoms with Gasteiger partial charge in [-0.25, -0.2) is 0 Å². The highest BCUT2D eigenvalue weighted by Gasteiger charge is 2.22. The van der Waals surface area contributed by atoms with Crippen LogP contribution in [0.25, 0.3) is 0 Å². The van der Waals surface area contributed by atoms with Gasteiger partial charge in [-0.05, 0) is 60.3 Å². The average Bonchev–Trinajstić information content (AvgIpc) is 2.59. The maximum atomic E-state index is 5.83. The van der Waals surface area contributed by atoms with E-state index in [1.807, 2.05) is 0 Å². The first-order valence-electron chi connectivity index (χ1n) is 6.84. The molecule has 1 aromatic rings. The maximum Gasteiger partial charge on any atom is 0.0316 e. The molecular formula is C16H25N. The van der Waals surface area contributed by atoms with Crippen molar-refractivity contribution in [2.24, 2.45) is 5.41 Å². The maximum absolute atomic E-state index is 5.83. The fraction of sp³-hybridized carbons (Fsp3) is 0.625. The van der Waals surface area contributed by atoms with Crippen molar-refractivity contribution < 1.29 is 0 Å². The molecule has 1 aromatic carbocycles. The minimum Gasteiger partial charge on any atom is -0.399 e. The second-order valence-electron chi connectivity index (χ2n) is 6.65. The van der Waals surface area contributed by atoms with Crippen molar-refractivity contribution in [3.05, 3.63) is 29.3 Å². The van der Waals surface area contributed by atoms with Crippen LogP contribution >= 0.6 is 0 Å². The van der Waals surface area contributed by atoms with Gasteiger partial charge in [-0.2, -0.15) is 0 Å². The topological polar surface area (TPSA) is 26.0 Å². The molecule has 0 spiro atoms. The molecule has 1 unspecified atom stereocenters. The van der Waals surface area contributed by atoms with Gasteiger partial charge in [-0.3, -0.25) is 0 Å². The molecule has 94 valence electrons. The molecule has 1 heteroatoms. The van der Waals surface area contributed by atoms with Crippen molar-refractivity contribution in [2.75, 3.05) is 5.73 Å². The highest BCUT2D eigenvalue weighted by molar-refractivity contribution is 5.47. The molecule has 0 saturated carbocycles. The molecule has 1 aliphatic carbocycles. The van der Waals surface area contributed by atoms with Gasteiger partial charge in [0.1, 0.15) is 0 Å². The Balaban J connectivity index is 1.94. The number of hydrogen-bond donors (Lipinski definition) is 1. The Morgan fingerprint density at radius 1 is 1.29 bits per heavy atom. The Morgan fingerprint density at radius 2 is 2.06 bits per heavy atom. The fourth-order valence-electron chi connectivity index (χ4n) is 2.90. The van der Waals surface area contributed by atoms with E-state index in [1.54, 1.807) is 5.56 Å². The van der Waals surface area contributed by atoms with Crippen molar-refractivity contribution in [1.82, 2.24) is 0 Å². The van der Waals surface area contributed by atoms with Gasteiger partial charge >= 0.3 is 0 Å². The Kier molecular flexibility index (Phi) is 3.46. The molecule has 1 atom stereocenters. The van der Waals surface area contributed by atoms with Gasteiger partial charge < -0.3 is 5.73 Å². The third-order valence-corrected chi connectivity index (χ3v) is 3.85. The van der Waals surface area contributed by atoms with E-state index in [0.29, 0.717) is 5.41 Å². The van der Waals surface area contributed by atoms with E-state index < -0.39 is 0 Å². The number of aryl methyl sites for hydroxylation is 1. The van der Waals surface area contributed by atoms with Gasteiger partial charge in [0.15, 0.2) is 0 Å². The number of benzene rings is 1. The number of nitrogen functional groups attached to an aromatic ring is 1. The van der Waals surface area contributed by atoms with Crippen LogP contribution in [0.4, 0.5) is 5.69 Å². The van der Waals surface area contributed by atoms with Gasteiger partial charge in [0, 0.05) is 5.69 Å². The van der Waals surface area contributed by atoms with Crippen LogP contribution in [0, 0.1) is 5.41 Å². The van der Waals surface area contributed by atoms with Crippen LogP contribution < -0.4 is 5.73 Å². The molecule has 0 fully saturated rings. The monoisotopic (exact) mass is 231 g/mol. The lowest BCUT2D eigenvalue weighted by Crippen LogP contribution is -2.05. The van der Waals surface area contributed by atoms with E-state index in [9.17, 15) is 0 Å². The molecule has 0 bridgehead atoms. The second-order valence-corrected chi connectivity index (χ2v) is 6.65. The summed E-state index contributed by atoms with van der Waals surface area (Å²) in [5, 5.41) is 0. The predicted molar refractivity (Wildman–Crippen MR) is 75.2 cm³/mol. The lowest BCUT2D eigenvalue weighted by Gasteiger charge is -2.19. The van der Waals surface area contributed by atoms with Crippen LogP contribution in [0.5, 0.6) is 0 Å². The molecule has 0 aromatic heterocycles.